The van der Waals surface area contributed by atoms with Gasteiger partial charge in [0.05, 0.1) is 6.61 Å². The van der Waals surface area contributed by atoms with Crippen molar-refractivity contribution in [2.45, 2.75) is 33.6 Å². The van der Waals surface area contributed by atoms with Crippen LogP contribution in [-0.4, -0.2) is 12.6 Å². The fourth-order valence-electron chi connectivity index (χ4n) is 0.714. The zero-order valence-electron chi connectivity index (χ0n) is 8.14. The fourth-order valence-corrected chi connectivity index (χ4v) is 0.714. The van der Waals surface area contributed by atoms with Crippen molar-refractivity contribution in [2.75, 3.05) is 6.61 Å². The summed E-state index contributed by atoms with van der Waals surface area (Å²) in [6.45, 7) is 9.78. The Hall–Kier alpha value is -0.790. The fraction of sp³-hybridized carbons (Fsp3) is 0.600. The van der Waals surface area contributed by atoms with Gasteiger partial charge in [-0.3, -0.25) is 0 Å². The van der Waals surface area contributed by atoms with Crippen LogP contribution in [0.1, 0.15) is 33.6 Å². The van der Waals surface area contributed by atoms with Crippen LogP contribution in [-0.2, 0) is 9.53 Å². The average molecular weight is 169 g/mol. The lowest BCUT2D eigenvalue weighted by Crippen LogP contribution is -2.06. The highest BCUT2D eigenvalue weighted by Gasteiger charge is 2.02. The van der Waals surface area contributed by atoms with Crippen LogP contribution in [0.15, 0.2) is 12.2 Å². The van der Waals surface area contributed by atoms with Gasteiger partial charge >= 0.3 is 5.97 Å². The second kappa shape index (κ2) is 5.81. The molecule has 0 aromatic rings. The molecule has 0 saturated heterocycles. The normalized spacial score (nSPS) is 10.0. The predicted octanol–water partition coefficient (Wildman–Crippen LogP) is 2.50. The van der Waals surface area contributed by atoms with Gasteiger partial charge in [-0.1, -0.05) is 20.4 Å². The van der Waals surface area contributed by atoms with Gasteiger partial charge in [0.25, 0.3) is 0 Å². The standard InChI is InChI=1S/C10H17O2/c1-8(2)6-5-7-12-10(11)9(3)4/h3,5-7H2,1-2,4H3. The monoisotopic (exact) mass is 169 g/mol. The number of hydrogen-bond acceptors (Lipinski definition) is 2. The lowest BCUT2D eigenvalue weighted by Gasteiger charge is -2.05. The molecule has 0 aliphatic carbocycles. The molecule has 0 aliphatic heterocycles. The first-order valence-corrected chi connectivity index (χ1v) is 4.15. The number of carbonyl (C=O) groups is 1. The molecule has 0 amide bonds. The summed E-state index contributed by atoms with van der Waals surface area (Å²) in [5, 5.41) is 0. The SMILES string of the molecule is C=C(C)C(=O)OCCC[C](C)C. The molecule has 1 radical (unpaired) electrons. The minimum absolute atomic E-state index is 0.288. The molecule has 0 rings (SSSR count). The van der Waals surface area contributed by atoms with Crippen molar-refractivity contribution in [3.8, 4) is 0 Å². The van der Waals surface area contributed by atoms with Gasteiger partial charge in [0, 0.05) is 5.57 Å². The Bertz CT molecular complexity index is 159. The molecule has 0 unspecified atom stereocenters. The summed E-state index contributed by atoms with van der Waals surface area (Å²) >= 11 is 0. The third-order valence-corrected chi connectivity index (χ3v) is 1.40. The van der Waals surface area contributed by atoms with Crippen LogP contribution in [0.25, 0.3) is 0 Å². The van der Waals surface area contributed by atoms with Crippen LogP contribution < -0.4 is 0 Å². The molecule has 0 spiro atoms. The van der Waals surface area contributed by atoms with Crippen molar-refractivity contribution in [1.82, 2.24) is 0 Å². The number of carbonyl (C=O) groups excluding carboxylic acids is 1. The van der Waals surface area contributed by atoms with Gasteiger partial charge in [-0.05, 0) is 25.7 Å². The summed E-state index contributed by atoms with van der Waals surface area (Å²) in [5.74, 6) is 1.07. The van der Waals surface area contributed by atoms with Gasteiger partial charge in [-0.2, -0.15) is 0 Å². The summed E-state index contributed by atoms with van der Waals surface area (Å²) in [4.78, 5) is 10.9. The second-order valence-electron chi connectivity index (χ2n) is 3.23. The Morgan fingerprint density at radius 3 is 2.33 bits per heavy atom. The Morgan fingerprint density at radius 1 is 1.33 bits per heavy atom. The maximum absolute atomic E-state index is 10.9. The third-order valence-electron chi connectivity index (χ3n) is 1.40. The molecular formula is C10H17O2. The number of esters is 1. The average Bonchev–Trinajstić information content (AvgIpc) is 1.97. The second-order valence-corrected chi connectivity index (χ2v) is 3.23. The molecule has 2 nitrogen and oxygen atoms in total. The zero-order chi connectivity index (χ0) is 9.56. The van der Waals surface area contributed by atoms with Gasteiger partial charge in [-0.25, -0.2) is 4.79 Å². The van der Waals surface area contributed by atoms with E-state index in [1.54, 1.807) is 6.92 Å². The van der Waals surface area contributed by atoms with E-state index in [4.69, 9.17) is 4.74 Å². The van der Waals surface area contributed by atoms with Crippen molar-refractivity contribution in [3.63, 3.8) is 0 Å². The molecule has 0 atom stereocenters. The van der Waals surface area contributed by atoms with E-state index in [0.717, 1.165) is 12.8 Å². The lowest BCUT2D eigenvalue weighted by atomic mass is 10.1. The third kappa shape index (κ3) is 5.96. The molecule has 69 valence electrons. The van der Waals surface area contributed by atoms with Crippen LogP contribution >= 0.6 is 0 Å². The van der Waals surface area contributed by atoms with E-state index in [9.17, 15) is 4.79 Å². The van der Waals surface area contributed by atoms with Gasteiger partial charge in [0.1, 0.15) is 0 Å². The molecule has 2 heteroatoms. The van der Waals surface area contributed by atoms with E-state index in [1.807, 2.05) is 0 Å². The molecule has 0 fully saturated rings. The molecule has 0 N–H and O–H groups in total. The van der Waals surface area contributed by atoms with Crippen LogP contribution in [0, 0.1) is 5.92 Å². The molecule has 0 aromatic heterocycles. The quantitative estimate of drug-likeness (QED) is 0.359. The smallest absolute Gasteiger partial charge is 0.333 e. The highest BCUT2D eigenvalue weighted by Crippen LogP contribution is 2.06. The van der Waals surface area contributed by atoms with Gasteiger partial charge in [0.15, 0.2) is 0 Å². The first kappa shape index (κ1) is 11.2. The summed E-state index contributed by atoms with van der Waals surface area (Å²) in [6, 6.07) is 0. The lowest BCUT2D eigenvalue weighted by molar-refractivity contribution is -0.139. The maximum atomic E-state index is 10.9. The summed E-state index contributed by atoms with van der Waals surface area (Å²) in [7, 11) is 0. The van der Waals surface area contributed by atoms with Crippen molar-refractivity contribution in [1.29, 1.82) is 0 Å². The molecular weight excluding hydrogens is 152 g/mol. The molecule has 0 heterocycles. The Kier molecular flexibility index (Phi) is 5.43. The van der Waals surface area contributed by atoms with Crippen molar-refractivity contribution < 1.29 is 9.53 Å². The van der Waals surface area contributed by atoms with Gasteiger partial charge in [-0.15, -0.1) is 0 Å². The summed E-state index contributed by atoms with van der Waals surface area (Å²) in [5.41, 5.74) is 0.465. The van der Waals surface area contributed by atoms with E-state index >= 15 is 0 Å². The number of rotatable bonds is 5. The van der Waals surface area contributed by atoms with Gasteiger partial charge in [0.2, 0.25) is 0 Å². The van der Waals surface area contributed by atoms with E-state index in [0.29, 0.717) is 12.2 Å². The van der Waals surface area contributed by atoms with Crippen LogP contribution in [0.5, 0.6) is 0 Å². The van der Waals surface area contributed by atoms with Crippen molar-refractivity contribution in [3.05, 3.63) is 18.1 Å². The van der Waals surface area contributed by atoms with E-state index in [1.165, 1.54) is 5.92 Å². The topological polar surface area (TPSA) is 26.3 Å². The summed E-state index contributed by atoms with van der Waals surface area (Å²) in [6.07, 6.45) is 1.92. The van der Waals surface area contributed by atoms with E-state index in [2.05, 4.69) is 20.4 Å². The molecule has 0 aliphatic rings. The van der Waals surface area contributed by atoms with Gasteiger partial charge < -0.3 is 4.74 Å². The molecule has 0 bridgehead atoms. The zero-order valence-corrected chi connectivity index (χ0v) is 8.14. The van der Waals surface area contributed by atoms with Crippen LogP contribution in [0.3, 0.4) is 0 Å². The molecule has 0 saturated carbocycles. The van der Waals surface area contributed by atoms with Crippen LogP contribution in [0.4, 0.5) is 0 Å². The number of hydrogen-bond donors (Lipinski definition) is 0. The Morgan fingerprint density at radius 2 is 1.92 bits per heavy atom. The number of ether oxygens (including phenoxy) is 1. The Labute approximate surface area is 74.6 Å². The van der Waals surface area contributed by atoms with Crippen molar-refractivity contribution in [2.24, 2.45) is 0 Å². The molecule has 0 aromatic carbocycles. The highest BCUT2D eigenvalue weighted by atomic mass is 16.5. The largest absolute Gasteiger partial charge is 0.462 e. The molecule has 12 heavy (non-hydrogen) atoms. The van der Waals surface area contributed by atoms with E-state index in [-0.39, 0.29) is 5.97 Å². The summed E-state index contributed by atoms with van der Waals surface area (Å²) < 4.78 is 4.90. The Balaban J connectivity index is 3.32. The first-order chi connectivity index (χ1) is 5.54. The van der Waals surface area contributed by atoms with Crippen molar-refractivity contribution >= 4 is 5.97 Å². The maximum Gasteiger partial charge on any atom is 0.333 e. The predicted molar refractivity (Wildman–Crippen MR) is 49.6 cm³/mol. The first-order valence-electron chi connectivity index (χ1n) is 4.15. The van der Waals surface area contributed by atoms with E-state index < -0.39 is 0 Å². The minimum atomic E-state index is -0.288. The minimum Gasteiger partial charge on any atom is -0.462 e. The van der Waals surface area contributed by atoms with Crippen LogP contribution in [0.2, 0.25) is 0 Å². The highest BCUT2D eigenvalue weighted by molar-refractivity contribution is 5.86.